The van der Waals surface area contributed by atoms with Crippen LogP contribution >= 0.6 is 35.1 Å². The van der Waals surface area contributed by atoms with Crippen LogP contribution in [0.5, 0.6) is 0 Å². The van der Waals surface area contributed by atoms with Crippen molar-refractivity contribution in [1.29, 1.82) is 0 Å². The molecule has 0 spiro atoms. The number of carbonyl (C=O) groups is 1. The van der Waals surface area contributed by atoms with Crippen molar-refractivity contribution in [2.24, 2.45) is 0 Å². The molecule has 1 aliphatic heterocycles. The van der Waals surface area contributed by atoms with Gasteiger partial charge in [0.15, 0.2) is 0 Å². The molecule has 188 valence electrons. The maximum Gasteiger partial charge on any atom is 0.256 e. The summed E-state index contributed by atoms with van der Waals surface area (Å²) in [4.78, 5) is 22.2. The minimum absolute atomic E-state index is 0. The number of hydrogen-bond acceptors (Lipinski definition) is 5. The van der Waals surface area contributed by atoms with Crippen LogP contribution in [-0.2, 0) is 19.5 Å². The summed E-state index contributed by atoms with van der Waals surface area (Å²) >= 11 is 3.41. The Morgan fingerprint density at radius 3 is 2.46 bits per heavy atom. The molecule has 3 heterocycles. The molecule has 2 aromatic heterocycles. The number of thiophene rings is 1. The summed E-state index contributed by atoms with van der Waals surface area (Å²) in [6.07, 6.45) is 0.948. The zero-order chi connectivity index (χ0) is 24.6. The molecule has 0 fully saturated rings. The van der Waals surface area contributed by atoms with Gasteiger partial charge in [-0.25, -0.2) is 4.98 Å². The highest BCUT2D eigenvalue weighted by atomic mass is 35.5. The highest BCUT2D eigenvalue weighted by molar-refractivity contribution is 7.23. The van der Waals surface area contributed by atoms with Crippen LogP contribution in [0.4, 0.5) is 5.00 Å². The first-order chi connectivity index (χ1) is 17.5. The third-order valence-electron chi connectivity index (χ3n) is 6.60. The summed E-state index contributed by atoms with van der Waals surface area (Å²) < 4.78 is 1.17. The standard InChI is InChI=1S/C30H27N3OS2.ClH/c1-19-14-20(2)16-22(15-19)28(34)32-30-27(29-31-24-10-6-7-11-25(24)35-29)23-12-13-33(18-26(23)36-30)17-21-8-4-3-5-9-21;/h3-11,14-16H,12-13,17-18H2,1-2H3,(H,32,34);1H. The summed E-state index contributed by atoms with van der Waals surface area (Å²) in [7, 11) is 0. The van der Waals surface area contributed by atoms with Crippen molar-refractivity contribution in [3.05, 3.63) is 105 Å². The van der Waals surface area contributed by atoms with E-state index in [0.717, 1.165) is 58.3 Å². The monoisotopic (exact) mass is 545 g/mol. The van der Waals surface area contributed by atoms with Gasteiger partial charge < -0.3 is 5.32 Å². The molecule has 4 nitrogen and oxygen atoms in total. The maximum absolute atomic E-state index is 13.4. The van der Waals surface area contributed by atoms with E-state index in [4.69, 9.17) is 4.98 Å². The number of nitrogens with one attached hydrogen (secondary N) is 1. The third kappa shape index (κ3) is 5.34. The average Bonchev–Trinajstić information content (AvgIpc) is 3.44. The van der Waals surface area contributed by atoms with Crippen LogP contribution in [0.1, 0.15) is 37.5 Å². The van der Waals surface area contributed by atoms with Crippen LogP contribution in [0.2, 0.25) is 0 Å². The molecule has 1 aliphatic rings. The number of nitrogens with zero attached hydrogens (tertiary/aromatic N) is 2. The zero-order valence-electron chi connectivity index (χ0n) is 20.8. The first-order valence-electron chi connectivity index (χ1n) is 12.2. The van der Waals surface area contributed by atoms with E-state index in [1.165, 1.54) is 20.7 Å². The quantitative estimate of drug-likeness (QED) is 0.244. The number of carbonyl (C=O) groups excluding carboxylic acids is 1. The molecule has 0 aliphatic carbocycles. The number of amides is 1. The van der Waals surface area contributed by atoms with E-state index in [2.05, 4.69) is 64.8 Å². The molecular weight excluding hydrogens is 518 g/mol. The first kappa shape index (κ1) is 25.6. The van der Waals surface area contributed by atoms with Gasteiger partial charge in [-0.1, -0.05) is 59.7 Å². The van der Waals surface area contributed by atoms with Crippen molar-refractivity contribution < 1.29 is 4.79 Å². The zero-order valence-corrected chi connectivity index (χ0v) is 23.2. The van der Waals surface area contributed by atoms with E-state index in [0.29, 0.717) is 5.56 Å². The lowest BCUT2D eigenvalue weighted by atomic mass is 10.0. The minimum atomic E-state index is -0.0658. The Hall–Kier alpha value is -3.03. The van der Waals surface area contributed by atoms with Crippen molar-refractivity contribution in [1.82, 2.24) is 9.88 Å². The lowest BCUT2D eigenvalue weighted by Crippen LogP contribution is -2.29. The number of para-hydroxylation sites is 1. The van der Waals surface area contributed by atoms with Crippen LogP contribution in [0, 0.1) is 13.8 Å². The van der Waals surface area contributed by atoms with Gasteiger partial charge in [-0.05, 0) is 55.7 Å². The highest BCUT2D eigenvalue weighted by Gasteiger charge is 2.28. The van der Waals surface area contributed by atoms with E-state index in [-0.39, 0.29) is 18.3 Å². The normalized spacial score (nSPS) is 13.2. The summed E-state index contributed by atoms with van der Waals surface area (Å²) in [5.74, 6) is -0.0658. The molecular formula is C30H28ClN3OS2. The number of halogens is 1. The second-order valence-electron chi connectivity index (χ2n) is 9.47. The van der Waals surface area contributed by atoms with E-state index in [9.17, 15) is 4.79 Å². The summed E-state index contributed by atoms with van der Waals surface area (Å²) in [6, 6.07) is 24.9. The van der Waals surface area contributed by atoms with E-state index < -0.39 is 0 Å². The van der Waals surface area contributed by atoms with Crippen molar-refractivity contribution in [3.63, 3.8) is 0 Å². The van der Waals surface area contributed by atoms with Crippen LogP contribution in [0.25, 0.3) is 20.8 Å². The summed E-state index contributed by atoms with van der Waals surface area (Å²) in [5, 5.41) is 5.17. The SMILES string of the molecule is Cc1cc(C)cc(C(=O)Nc2sc3c(c2-c2nc4ccccc4s2)CCN(Cc2ccccc2)C3)c1.Cl. The third-order valence-corrected chi connectivity index (χ3v) is 8.79. The molecule has 37 heavy (non-hydrogen) atoms. The predicted octanol–water partition coefficient (Wildman–Crippen LogP) is 7.87. The Morgan fingerprint density at radius 1 is 0.973 bits per heavy atom. The lowest BCUT2D eigenvalue weighted by Gasteiger charge is -2.27. The number of fused-ring (bicyclic) bond motifs is 2. The van der Waals surface area contributed by atoms with Crippen molar-refractivity contribution in [3.8, 4) is 10.6 Å². The number of hydrogen-bond donors (Lipinski definition) is 1. The molecule has 0 bridgehead atoms. The van der Waals surface area contributed by atoms with Gasteiger partial charge in [0.05, 0.1) is 10.2 Å². The number of aryl methyl sites for hydroxylation is 2. The molecule has 1 amide bonds. The molecule has 0 saturated carbocycles. The number of aromatic nitrogens is 1. The number of benzene rings is 3. The fourth-order valence-electron chi connectivity index (χ4n) is 5.01. The van der Waals surface area contributed by atoms with Crippen LogP contribution < -0.4 is 5.32 Å². The second-order valence-corrected chi connectivity index (χ2v) is 11.6. The number of thiazole rings is 1. The van der Waals surface area contributed by atoms with E-state index in [1.54, 1.807) is 22.7 Å². The Labute approximate surface area is 231 Å². The van der Waals surface area contributed by atoms with Crippen LogP contribution in [0.15, 0.2) is 72.8 Å². The summed E-state index contributed by atoms with van der Waals surface area (Å²) in [5.41, 5.74) is 7.65. The van der Waals surface area contributed by atoms with E-state index >= 15 is 0 Å². The lowest BCUT2D eigenvalue weighted by molar-refractivity contribution is 0.102. The van der Waals surface area contributed by atoms with Crippen LogP contribution in [-0.4, -0.2) is 22.3 Å². The molecule has 1 N–H and O–H groups in total. The topological polar surface area (TPSA) is 45.2 Å². The Kier molecular flexibility index (Phi) is 7.45. The molecule has 0 radical (unpaired) electrons. The second kappa shape index (κ2) is 10.8. The van der Waals surface area contributed by atoms with Gasteiger partial charge in [0, 0.05) is 35.6 Å². The fourth-order valence-corrected chi connectivity index (χ4v) is 7.40. The van der Waals surface area contributed by atoms with Gasteiger partial charge in [0.2, 0.25) is 0 Å². The molecule has 6 rings (SSSR count). The Morgan fingerprint density at radius 2 is 1.70 bits per heavy atom. The Bertz CT molecular complexity index is 1520. The molecule has 5 aromatic rings. The van der Waals surface area contributed by atoms with Crippen molar-refractivity contribution in [2.75, 3.05) is 11.9 Å². The molecule has 0 unspecified atom stereocenters. The van der Waals surface area contributed by atoms with Gasteiger partial charge in [0.1, 0.15) is 10.0 Å². The van der Waals surface area contributed by atoms with Gasteiger partial charge in [0.25, 0.3) is 5.91 Å². The van der Waals surface area contributed by atoms with Gasteiger partial charge in [-0.2, -0.15) is 0 Å². The molecule has 3 aromatic carbocycles. The molecule has 7 heteroatoms. The fraction of sp³-hybridized carbons (Fsp3) is 0.200. The smallest absolute Gasteiger partial charge is 0.256 e. The van der Waals surface area contributed by atoms with Crippen molar-refractivity contribution >= 4 is 56.2 Å². The molecule has 0 saturated heterocycles. The Balaban J connectivity index is 0.00000280. The average molecular weight is 546 g/mol. The molecule has 0 atom stereocenters. The predicted molar refractivity (Wildman–Crippen MR) is 158 cm³/mol. The largest absolute Gasteiger partial charge is 0.313 e. The maximum atomic E-state index is 13.4. The van der Waals surface area contributed by atoms with Crippen molar-refractivity contribution in [2.45, 2.75) is 33.4 Å². The van der Waals surface area contributed by atoms with Gasteiger partial charge in [-0.3, -0.25) is 9.69 Å². The minimum Gasteiger partial charge on any atom is -0.313 e. The van der Waals surface area contributed by atoms with Gasteiger partial charge in [-0.15, -0.1) is 35.1 Å². The summed E-state index contributed by atoms with van der Waals surface area (Å²) in [6.45, 7) is 6.86. The highest BCUT2D eigenvalue weighted by Crippen LogP contribution is 2.46. The van der Waals surface area contributed by atoms with Crippen LogP contribution in [0.3, 0.4) is 0 Å². The van der Waals surface area contributed by atoms with E-state index in [1.807, 2.05) is 32.0 Å². The first-order valence-corrected chi connectivity index (χ1v) is 13.8. The van der Waals surface area contributed by atoms with Gasteiger partial charge >= 0.3 is 0 Å². The number of rotatable bonds is 5. The number of anilines is 1.